The molecule has 2 rings (SSSR count). The number of nitro groups is 1. The minimum Gasteiger partial charge on any atom is -0.370 e. The van der Waals surface area contributed by atoms with E-state index >= 15 is 0 Å². The molecule has 0 radical (unpaired) electrons. The number of nitrogens with zero attached hydrogens (tertiary/aromatic N) is 6. The minimum absolute atomic E-state index is 0.0934. The smallest absolute Gasteiger partial charge is 0.272 e. The number of aliphatic imine (C=N–C) groups is 5. The van der Waals surface area contributed by atoms with E-state index in [9.17, 15) is 48.8 Å². The second-order valence-electron chi connectivity index (χ2n) is 12.1. The summed E-state index contributed by atoms with van der Waals surface area (Å²) >= 11 is 0. The van der Waals surface area contributed by atoms with Crippen LogP contribution in [0.4, 0.5) is 5.69 Å². The fraction of sp³-hybridized carbons (Fsp3) is 0.226. The molecule has 27 N–H and O–H groups in total. The Morgan fingerprint density at radius 2 is 0.937 bits per heavy atom. The van der Waals surface area contributed by atoms with E-state index in [1.165, 1.54) is 36.4 Å². The number of carbonyl (C=O) groups is 7. The van der Waals surface area contributed by atoms with E-state index in [1.54, 1.807) is 6.07 Å². The van der Waals surface area contributed by atoms with Gasteiger partial charge >= 0.3 is 0 Å². The van der Waals surface area contributed by atoms with Gasteiger partial charge in [-0.3, -0.25) is 48.7 Å². The Bertz CT molecular complexity index is 2170. The van der Waals surface area contributed by atoms with Crippen LogP contribution in [0.2, 0.25) is 0 Å². The number of aliphatic hydroxyl groups excluding tert-OH is 1. The molecule has 63 heavy (non-hydrogen) atoms. The number of amides is 7. The van der Waals surface area contributed by atoms with E-state index in [0.717, 1.165) is 18.3 Å². The van der Waals surface area contributed by atoms with Crippen molar-refractivity contribution in [1.29, 1.82) is 0 Å². The summed E-state index contributed by atoms with van der Waals surface area (Å²) in [5.41, 5.74) is 54.0. The van der Waals surface area contributed by atoms with Gasteiger partial charge in [-0.2, -0.15) is 0 Å². The van der Waals surface area contributed by atoms with E-state index in [2.05, 4.69) is 35.6 Å². The van der Waals surface area contributed by atoms with Crippen LogP contribution in [0.5, 0.6) is 0 Å². The quantitative estimate of drug-likeness (QED) is 0.0182. The third kappa shape index (κ3) is 16.9. The van der Waals surface area contributed by atoms with Crippen molar-refractivity contribution in [3.63, 3.8) is 0 Å². The van der Waals surface area contributed by atoms with Gasteiger partial charge in [0.15, 0.2) is 30.0 Å². The maximum absolute atomic E-state index is 13.7. The maximum Gasteiger partial charge on any atom is 0.272 e. The van der Waals surface area contributed by atoms with Crippen molar-refractivity contribution in [2.24, 2.45) is 82.3 Å². The Kier molecular flexibility index (Phi) is 18.6. The van der Waals surface area contributed by atoms with Crippen molar-refractivity contribution in [3.05, 3.63) is 75.8 Å². The SMILES string of the molecule is NC(=O)C(N)NC(=O)C(N=C(N)N)NC(=O)C(N=C(N)N)NC(=O)C(N=C(N)N)NC(=O)C(N=C(N)N)NC(=O)C(NC(=O)C(O)N=Cc1ccc([N+](=O)[O-])cc1)c1ccccc1. The first-order chi connectivity index (χ1) is 29.5. The monoisotopic (exact) mass is 884 g/mol. The number of nitrogens with two attached hydrogens (primary N) is 10. The Morgan fingerprint density at radius 1 is 0.556 bits per heavy atom. The van der Waals surface area contributed by atoms with Gasteiger partial charge < -0.3 is 94.3 Å². The number of nitro benzene ring substituents is 1. The van der Waals surface area contributed by atoms with Gasteiger partial charge in [0.05, 0.1) is 4.92 Å². The summed E-state index contributed by atoms with van der Waals surface area (Å²) in [5, 5.41) is 33.7. The Hall–Kier alpha value is -9.20. The largest absolute Gasteiger partial charge is 0.370 e. The standard InChI is InChI=1S/C31H44N22O10/c32-15(16(33)54)44-22(56)17(49-28(34)35)46-24(58)19(51-30(38)39)48-25(59)20(52-31(40)41)47-23(57)18(50-29(36)37)45-21(55)14(12-4-2-1-3-5-12)43-27(61)26(60)42-10-11-6-8-13(9-7-11)53(62)63/h1-10,14-15,17-20,26,60H,32H2,(H2,33,54)(H,43,61)(H,44,56)(H,45,55)(H,46,58)(H,47,57)(H,48,59)(H4,34,35,49)(H4,36,37,50)(H4,38,39,51)(H4,40,41,52). The van der Waals surface area contributed by atoms with Crippen LogP contribution in [0.1, 0.15) is 17.2 Å². The molecule has 0 spiro atoms. The molecule has 7 amide bonds. The third-order valence-corrected chi connectivity index (χ3v) is 7.21. The first kappa shape index (κ1) is 49.9. The molecular weight excluding hydrogens is 840 g/mol. The van der Waals surface area contributed by atoms with Crippen molar-refractivity contribution < 1.29 is 43.6 Å². The number of benzene rings is 2. The Balaban J connectivity index is 2.39. The van der Waals surface area contributed by atoms with Gasteiger partial charge in [0.25, 0.3) is 41.1 Å². The lowest BCUT2D eigenvalue weighted by Gasteiger charge is -2.24. The highest BCUT2D eigenvalue weighted by Crippen LogP contribution is 2.15. The number of nitrogens with one attached hydrogen (secondary N) is 6. The molecule has 7 atom stereocenters. The van der Waals surface area contributed by atoms with Crippen LogP contribution < -0.4 is 89.2 Å². The molecule has 0 aliphatic carbocycles. The van der Waals surface area contributed by atoms with E-state index in [-0.39, 0.29) is 16.8 Å². The normalized spacial score (nSPS) is 13.9. The number of aliphatic hydroxyl groups is 1. The summed E-state index contributed by atoms with van der Waals surface area (Å²) in [4.78, 5) is 119. The average molecular weight is 885 g/mol. The zero-order valence-corrected chi connectivity index (χ0v) is 32.4. The Morgan fingerprint density at radius 3 is 1.30 bits per heavy atom. The molecule has 0 fully saturated rings. The predicted molar refractivity (Wildman–Crippen MR) is 220 cm³/mol. The fourth-order valence-electron chi connectivity index (χ4n) is 4.45. The van der Waals surface area contributed by atoms with Crippen molar-refractivity contribution in [3.8, 4) is 0 Å². The lowest BCUT2D eigenvalue weighted by molar-refractivity contribution is -0.384. The number of rotatable bonds is 21. The highest BCUT2D eigenvalue weighted by molar-refractivity contribution is 5.99. The van der Waals surface area contributed by atoms with Gasteiger partial charge in [-0.05, 0) is 23.3 Å². The number of hydrogen-bond acceptors (Lipinski definition) is 16. The van der Waals surface area contributed by atoms with E-state index in [1.807, 2.05) is 21.3 Å². The van der Waals surface area contributed by atoms with Gasteiger partial charge in [-0.15, -0.1) is 0 Å². The molecule has 338 valence electrons. The van der Waals surface area contributed by atoms with Crippen LogP contribution in [-0.2, 0) is 33.6 Å². The van der Waals surface area contributed by atoms with Crippen molar-refractivity contribution in [1.82, 2.24) is 31.9 Å². The maximum atomic E-state index is 13.7. The highest BCUT2D eigenvalue weighted by Gasteiger charge is 2.34. The number of non-ortho nitro benzene ring substituents is 1. The lowest BCUT2D eigenvalue weighted by atomic mass is 10.1. The third-order valence-electron chi connectivity index (χ3n) is 7.21. The Labute approximate surface area is 353 Å². The van der Waals surface area contributed by atoms with E-state index < -0.39 is 113 Å². The van der Waals surface area contributed by atoms with E-state index in [4.69, 9.17) is 57.3 Å². The molecule has 0 heterocycles. The first-order valence-corrected chi connectivity index (χ1v) is 17.2. The average Bonchev–Trinajstić information content (AvgIpc) is 3.20. The molecule has 2 aromatic carbocycles. The molecule has 0 aliphatic heterocycles. The topological polar surface area (TPSA) is 577 Å². The van der Waals surface area contributed by atoms with Crippen molar-refractivity contribution >= 4 is 77.1 Å². The zero-order chi connectivity index (χ0) is 47.6. The predicted octanol–water partition coefficient (Wildman–Crippen LogP) is -10.1. The minimum atomic E-state index is -2.21. The highest BCUT2D eigenvalue weighted by atomic mass is 16.6. The summed E-state index contributed by atoms with van der Waals surface area (Å²) in [5.74, 6) is -12.4. The fourth-order valence-corrected chi connectivity index (χ4v) is 4.45. The van der Waals surface area contributed by atoms with Crippen molar-refractivity contribution in [2.45, 2.75) is 43.1 Å². The second kappa shape index (κ2) is 23.4. The van der Waals surface area contributed by atoms with Gasteiger partial charge in [0.2, 0.25) is 36.8 Å². The van der Waals surface area contributed by atoms with Gasteiger partial charge in [-0.25, -0.2) is 20.0 Å². The summed E-state index contributed by atoms with van der Waals surface area (Å²) in [6.07, 6.45) is -11.4. The molecule has 2 aromatic rings. The van der Waals surface area contributed by atoms with E-state index in [0.29, 0.717) is 0 Å². The van der Waals surface area contributed by atoms with Crippen LogP contribution in [0, 0.1) is 10.1 Å². The van der Waals surface area contributed by atoms with Gasteiger partial charge in [0.1, 0.15) is 6.04 Å². The zero-order valence-electron chi connectivity index (χ0n) is 32.4. The molecule has 0 aliphatic rings. The number of hydrogen-bond donors (Lipinski definition) is 17. The summed E-state index contributed by atoms with van der Waals surface area (Å²) < 4.78 is 0. The second-order valence-corrected chi connectivity index (χ2v) is 12.1. The van der Waals surface area contributed by atoms with Gasteiger partial charge in [-0.1, -0.05) is 30.3 Å². The van der Waals surface area contributed by atoms with Crippen molar-refractivity contribution in [2.75, 3.05) is 0 Å². The van der Waals surface area contributed by atoms with Crippen LogP contribution in [0.3, 0.4) is 0 Å². The molecule has 0 bridgehead atoms. The molecular formula is C31H44N22O10. The summed E-state index contributed by atoms with van der Waals surface area (Å²) in [6.45, 7) is 0. The van der Waals surface area contributed by atoms with Crippen LogP contribution in [0.25, 0.3) is 0 Å². The molecule has 7 unspecified atom stereocenters. The number of guanidine groups is 4. The first-order valence-electron chi connectivity index (χ1n) is 17.2. The molecule has 0 saturated carbocycles. The molecule has 0 saturated heterocycles. The van der Waals surface area contributed by atoms with Crippen LogP contribution in [-0.4, -0.2) is 118 Å². The molecule has 32 heteroatoms. The van der Waals surface area contributed by atoms with Crippen LogP contribution in [0.15, 0.2) is 79.6 Å². The molecule has 0 aromatic heterocycles. The lowest BCUT2D eigenvalue weighted by Crippen LogP contribution is -2.60. The molecule has 32 nitrogen and oxygen atoms in total. The van der Waals surface area contributed by atoms with Crippen LogP contribution >= 0.6 is 0 Å². The summed E-state index contributed by atoms with van der Waals surface area (Å²) in [6, 6.07) is 10.5. The summed E-state index contributed by atoms with van der Waals surface area (Å²) in [7, 11) is 0. The number of carbonyl (C=O) groups excluding carboxylic acids is 7. The van der Waals surface area contributed by atoms with Gasteiger partial charge in [0, 0.05) is 18.3 Å². The number of primary amides is 1.